The van der Waals surface area contributed by atoms with Crippen molar-refractivity contribution in [3.8, 4) is 0 Å². The highest BCUT2D eigenvalue weighted by atomic mass is 16.4. The molecule has 0 saturated carbocycles. The van der Waals surface area contributed by atoms with Crippen molar-refractivity contribution in [2.24, 2.45) is 0 Å². The molecule has 0 saturated heterocycles. The van der Waals surface area contributed by atoms with E-state index in [0.29, 0.717) is 24.2 Å². The molecule has 0 aliphatic rings. The zero-order valence-electron chi connectivity index (χ0n) is 14.7. The molecule has 0 radical (unpaired) electrons. The molecule has 0 aliphatic carbocycles. The SMILES string of the molecule is Cc1ccc2oc(=O)c3ccc(CNCc4cccc(C(=O)O)c4)cc3n12. The van der Waals surface area contributed by atoms with Crippen LogP contribution in [0.3, 0.4) is 0 Å². The molecule has 27 heavy (non-hydrogen) atoms. The predicted molar refractivity (Wildman–Crippen MR) is 102 cm³/mol. The highest BCUT2D eigenvalue weighted by Crippen LogP contribution is 2.19. The van der Waals surface area contributed by atoms with E-state index < -0.39 is 5.97 Å². The van der Waals surface area contributed by atoms with Gasteiger partial charge in [-0.1, -0.05) is 18.2 Å². The summed E-state index contributed by atoms with van der Waals surface area (Å²) in [4.78, 5) is 23.2. The molecule has 0 bridgehead atoms. The molecule has 0 unspecified atom stereocenters. The molecule has 136 valence electrons. The second-order valence-corrected chi connectivity index (χ2v) is 6.50. The number of aryl methyl sites for hydroxylation is 1. The van der Waals surface area contributed by atoms with Crippen molar-refractivity contribution in [1.82, 2.24) is 9.72 Å². The van der Waals surface area contributed by atoms with Crippen molar-refractivity contribution in [2.45, 2.75) is 20.0 Å². The fourth-order valence-electron chi connectivity index (χ4n) is 3.26. The Balaban J connectivity index is 1.59. The van der Waals surface area contributed by atoms with Crippen LogP contribution in [0.4, 0.5) is 0 Å². The first-order valence-electron chi connectivity index (χ1n) is 8.60. The smallest absolute Gasteiger partial charge is 0.346 e. The molecular formula is C21H18N2O4. The summed E-state index contributed by atoms with van der Waals surface area (Å²) in [7, 11) is 0. The van der Waals surface area contributed by atoms with Gasteiger partial charge >= 0.3 is 11.6 Å². The van der Waals surface area contributed by atoms with E-state index in [1.165, 1.54) is 0 Å². The molecule has 4 rings (SSSR count). The summed E-state index contributed by atoms with van der Waals surface area (Å²) in [6.45, 7) is 3.11. The number of carbonyl (C=O) groups is 1. The Bertz CT molecular complexity index is 1220. The summed E-state index contributed by atoms with van der Waals surface area (Å²) in [5.41, 5.74) is 4.19. The van der Waals surface area contributed by atoms with E-state index in [2.05, 4.69) is 5.32 Å². The van der Waals surface area contributed by atoms with Crippen molar-refractivity contribution in [1.29, 1.82) is 0 Å². The molecule has 4 aromatic rings. The monoisotopic (exact) mass is 362 g/mol. The Hall–Kier alpha value is -3.38. The lowest BCUT2D eigenvalue weighted by Crippen LogP contribution is -2.13. The minimum Gasteiger partial charge on any atom is -0.478 e. The van der Waals surface area contributed by atoms with Crippen molar-refractivity contribution in [3.63, 3.8) is 0 Å². The number of hydrogen-bond acceptors (Lipinski definition) is 4. The zero-order valence-corrected chi connectivity index (χ0v) is 14.7. The summed E-state index contributed by atoms with van der Waals surface area (Å²) in [6.07, 6.45) is 0. The Morgan fingerprint density at radius 3 is 2.63 bits per heavy atom. The Morgan fingerprint density at radius 2 is 1.85 bits per heavy atom. The lowest BCUT2D eigenvalue weighted by atomic mass is 10.1. The number of fused-ring (bicyclic) bond motifs is 3. The maximum Gasteiger partial charge on any atom is 0.346 e. The van der Waals surface area contributed by atoms with Crippen LogP contribution in [0.5, 0.6) is 0 Å². The first kappa shape index (κ1) is 17.1. The average molecular weight is 362 g/mol. The van der Waals surface area contributed by atoms with Crippen LogP contribution in [0.15, 0.2) is 63.8 Å². The van der Waals surface area contributed by atoms with E-state index >= 15 is 0 Å². The summed E-state index contributed by atoms with van der Waals surface area (Å²) in [5.74, 6) is -0.934. The van der Waals surface area contributed by atoms with E-state index in [4.69, 9.17) is 9.52 Å². The highest BCUT2D eigenvalue weighted by molar-refractivity contribution is 5.87. The third-order valence-corrected chi connectivity index (χ3v) is 4.59. The Morgan fingerprint density at radius 1 is 1.07 bits per heavy atom. The van der Waals surface area contributed by atoms with Crippen LogP contribution in [0.25, 0.3) is 16.6 Å². The number of rotatable bonds is 5. The largest absolute Gasteiger partial charge is 0.478 e. The van der Waals surface area contributed by atoms with Crippen LogP contribution in [0.2, 0.25) is 0 Å². The van der Waals surface area contributed by atoms with Crippen molar-refractivity contribution < 1.29 is 14.3 Å². The second kappa shape index (κ2) is 6.74. The number of nitrogens with one attached hydrogen (secondary N) is 1. The summed E-state index contributed by atoms with van der Waals surface area (Å²) >= 11 is 0. The van der Waals surface area contributed by atoms with Crippen LogP contribution in [-0.4, -0.2) is 15.5 Å². The third-order valence-electron chi connectivity index (χ3n) is 4.59. The van der Waals surface area contributed by atoms with Crippen LogP contribution in [-0.2, 0) is 13.1 Å². The van der Waals surface area contributed by atoms with Crippen molar-refractivity contribution >= 4 is 22.6 Å². The van der Waals surface area contributed by atoms with Crippen molar-refractivity contribution in [3.05, 3.63) is 87.4 Å². The van der Waals surface area contributed by atoms with Gasteiger partial charge in [-0.15, -0.1) is 0 Å². The molecule has 6 nitrogen and oxygen atoms in total. The molecule has 2 aromatic carbocycles. The molecule has 0 aliphatic heterocycles. The van der Waals surface area contributed by atoms with Gasteiger partial charge in [0.2, 0.25) is 5.71 Å². The van der Waals surface area contributed by atoms with Gasteiger partial charge in [0.15, 0.2) is 0 Å². The second-order valence-electron chi connectivity index (χ2n) is 6.50. The number of carboxylic acids is 1. The molecule has 2 N–H and O–H groups in total. The highest BCUT2D eigenvalue weighted by Gasteiger charge is 2.10. The quantitative estimate of drug-likeness (QED) is 0.569. The number of aromatic nitrogens is 1. The maximum absolute atomic E-state index is 12.2. The van der Waals surface area contributed by atoms with E-state index in [9.17, 15) is 9.59 Å². The van der Waals surface area contributed by atoms with Crippen LogP contribution in [0.1, 0.15) is 27.2 Å². The van der Waals surface area contributed by atoms with Crippen LogP contribution >= 0.6 is 0 Å². The standard InChI is InChI=1S/C21H18N2O4/c1-13-5-8-19-23(13)18-10-15(6-7-17(18)21(26)27-19)12-22-11-14-3-2-4-16(9-14)20(24)25/h2-10,22H,11-12H2,1H3,(H,24,25). The summed E-state index contributed by atoms with van der Waals surface area (Å²) < 4.78 is 7.28. The first-order chi connectivity index (χ1) is 13.0. The van der Waals surface area contributed by atoms with Gasteiger partial charge in [0, 0.05) is 24.8 Å². The number of nitrogens with zero attached hydrogens (tertiary/aromatic N) is 1. The average Bonchev–Trinajstić information content (AvgIpc) is 3.03. The molecule has 0 fully saturated rings. The number of carboxylic acid groups (broad SMARTS) is 1. The van der Waals surface area contributed by atoms with Gasteiger partial charge < -0.3 is 14.8 Å². The minimum absolute atomic E-state index is 0.275. The summed E-state index contributed by atoms with van der Waals surface area (Å²) in [6, 6.07) is 16.2. The molecular weight excluding hydrogens is 344 g/mol. The van der Waals surface area contributed by atoms with Gasteiger partial charge in [0.05, 0.1) is 16.5 Å². The lowest BCUT2D eigenvalue weighted by molar-refractivity contribution is 0.0696. The van der Waals surface area contributed by atoms with E-state index in [1.807, 2.05) is 35.6 Å². The van der Waals surface area contributed by atoms with Crippen LogP contribution in [0, 0.1) is 6.92 Å². The number of hydrogen-bond donors (Lipinski definition) is 2. The molecule has 0 amide bonds. The third kappa shape index (κ3) is 3.22. The topological polar surface area (TPSA) is 84.0 Å². The van der Waals surface area contributed by atoms with Gasteiger partial charge in [-0.2, -0.15) is 0 Å². The van der Waals surface area contributed by atoms with Crippen molar-refractivity contribution in [2.75, 3.05) is 0 Å². The van der Waals surface area contributed by atoms with Gasteiger partial charge in [0.25, 0.3) is 0 Å². The lowest BCUT2D eigenvalue weighted by Gasteiger charge is -2.09. The normalized spacial score (nSPS) is 11.3. The Labute approximate surface area is 154 Å². The minimum atomic E-state index is -0.934. The fraction of sp³-hybridized carbons (Fsp3) is 0.143. The molecule has 2 heterocycles. The number of benzene rings is 2. The predicted octanol–water partition coefficient (Wildman–Crippen LogP) is 3.34. The molecule has 0 spiro atoms. The van der Waals surface area contributed by atoms with Gasteiger partial charge in [0.1, 0.15) is 0 Å². The van der Waals surface area contributed by atoms with E-state index in [0.717, 1.165) is 22.3 Å². The number of aromatic carboxylic acids is 1. The summed E-state index contributed by atoms with van der Waals surface area (Å²) in [5, 5.41) is 12.9. The van der Waals surface area contributed by atoms with Gasteiger partial charge in [-0.05, 0) is 48.4 Å². The molecule has 6 heteroatoms. The maximum atomic E-state index is 12.2. The fourth-order valence-corrected chi connectivity index (χ4v) is 3.26. The van der Waals surface area contributed by atoms with E-state index in [1.54, 1.807) is 30.3 Å². The molecule has 0 atom stereocenters. The van der Waals surface area contributed by atoms with E-state index in [-0.39, 0.29) is 11.2 Å². The zero-order chi connectivity index (χ0) is 19.0. The van der Waals surface area contributed by atoms with Crippen LogP contribution < -0.4 is 10.9 Å². The molecule has 2 aromatic heterocycles. The first-order valence-corrected chi connectivity index (χ1v) is 8.60. The van der Waals surface area contributed by atoms with Gasteiger partial charge in [-0.25, -0.2) is 9.59 Å². The van der Waals surface area contributed by atoms with Gasteiger partial charge in [-0.3, -0.25) is 4.40 Å². The Kier molecular flexibility index (Phi) is 4.25.